The highest BCUT2D eigenvalue weighted by molar-refractivity contribution is 5.79. The molecular formula is C24H32FN5O3. The molecule has 8 nitrogen and oxygen atoms in total. The number of aromatic nitrogens is 1. The highest BCUT2D eigenvalue weighted by atomic mass is 19.1. The van der Waals surface area contributed by atoms with Gasteiger partial charge in [-0.2, -0.15) is 0 Å². The summed E-state index contributed by atoms with van der Waals surface area (Å²) in [4.78, 5) is 32.1. The van der Waals surface area contributed by atoms with Crippen molar-refractivity contribution in [2.45, 2.75) is 52.3 Å². The van der Waals surface area contributed by atoms with E-state index < -0.39 is 11.4 Å². The summed E-state index contributed by atoms with van der Waals surface area (Å²) in [7, 11) is 1.97. The van der Waals surface area contributed by atoms with E-state index in [4.69, 9.17) is 4.74 Å². The third kappa shape index (κ3) is 6.64. The normalized spacial score (nSPS) is 16.1. The number of carbonyl (C=O) groups is 2. The quantitative estimate of drug-likeness (QED) is 0.501. The van der Waals surface area contributed by atoms with E-state index in [0.29, 0.717) is 31.7 Å². The molecule has 9 heteroatoms. The summed E-state index contributed by atoms with van der Waals surface area (Å²) in [5.74, 6) is -0.516. The van der Waals surface area contributed by atoms with Crippen molar-refractivity contribution in [3.8, 4) is 0 Å². The molecule has 1 N–H and O–H groups in total. The van der Waals surface area contributed by atoms with Crippen LogP contribution in [-0.2, 0) is 16.1 Å². The van der Waals surface area contributed by atoms with Gasteiger partial charge in [0, 0.05) is 31.4 Å². The zero-order valence-electron chi connectivity index (χ0n) is 19.8. The third-order valence-electron chi connectivity index (χ3n) is 5.41. The fourth-order valence-corrected chi connectivity index (χ4v) is 3.67. The molecule has 1 fully saturated rings. The molecule has 1 aromatic heterocycles. The number of benzene rings is 1. The number of carbonyl (C=O) groups excluding carboxylic acids is 2. The Balaban J connectivity index is 1.66. The molecule has 1 saturated heterocycles. The van der Waals surface area contributed by atoms with E-state index >= 15 is 0 Å². The van der Waals surface area contributed by atoms with Crippen molar-refractivity contribution in [1.82, 2.24) is 14.8 Å². The number of amides is 2. The van der Waals surface area contributed by atoms with Gasteiger partial charge in [-0.3, -0.25) is 20.1 Å². The van der Waals surface area contributed by atoms with Crippen LogP contribution in [0.5, 0.6) is 0 Å². The number of aryl methyl sites for hydroxylation is 1. The van der Waals surface area contributed by atoms with Crippen LogP contribution in [0.25, 0.3) is 0 Å². The number of anilines is 2. The highest BCUT2D eigenvalue weighted by Gasteiger charge is 2.31. The Bertz CT molecular complexity index is 977. The van der Waals surface area contributed by atoms with E-state index in [2.05, 4.69) is 15.3 Å². The van der Waals surface area contributed by atoms with Crippen molar-refractivity contribution in [2.75, 3.05) is 30.6 Å². The van der Waals surface area contributed by atoms with Crippen molar-refractivity contribution < 1.29 is 18.7 Å². The summed E-state index contributed by atoms with van der Waals surface area (Å²) in [5.41, 5.74) is 4.73. The molecule has 0 aliphatic carbocycles. The largest absolute Gasteiger partial charge is 0.444 e. The Labute approximate surface area is 194 Å². The van der Waals surface area contributed by atoms with Crippen molar-refractivity contribution in [2.24, 2.45) is 0 Å². The lowest BCUT2D eigenvalue weighted by molar-refractivity contribution is -0.107. The number of nitrogens with one attached hydrogen (secondary N) is 1. The van der Waals surface area contributed by atoms with Crippen molar-refractivity contribution in [3.05, 3.63) is 53.6 Å². The molecule has 0 saturated carbocycles. The fraction of sp³-hybridized carbons (Fsp3) is 0.458. The van der Waals surface area contributed by atoms with E-state index in [1.54, 1.807) is 35.4 Å². The molecule has 1 aliphatic rings. The third-order valence-corrected chi connectivity index (χ3v) is 5.41. The number of hydrogen-bond donors (Lipinski definition) is 1. The first-order valence-corrected chi connectivity index (χ1v) is 11.0. The lowest BCUT2D eigenvalue weighted by atomic mass is 10.1. The average Bonchev–Trinajstić information content (AvgIpc) is 3.24. The molecule has 178 valence electrons. The first kappa shape index (κ1) is 24.4. The number of nitrogens with zero attached hydrogens (tertiary/aromatic N) is 4. The summed E-state index contributed by atoms with van der Waals surface area (Å²) < 4.78 is 20.0. The van der Waals surface area contributed by atoms with Crippen LogP contribution >= 0.6 is 0 Å². The molecule has 0 spiro atoms. The van der Waals surface area contributed by atoms with Gasteiger partial charge in [-0.15, -0.1) is 0 Å². The Morgan fingerprint density at radius 3 is 2.73 bits per heavy atom. The van der Waals surface area contributed by atoms with E-state index in [1.807, 2.05) is 34.7 Å². The second kappa shape index (κ2) is 10.2. The minimum atomic E-state index is -0.529. The summed E-state index contributed by atoms with van der Waals surface area (Å²) in [6, 6.07) is 8.43. The molecule has 0 bridgehead atoms. The molecule has 0 unspecified atom stereocenters. The molecular weight excluding hydrogens is 425 g/mol. The standard InChI is InChI=1S/C24H32FN5O3/c1-17-6-8-19(13-26-17)27-30(16-31)22-12-18(7-9-21(22)25)14-28(5)20-10-11-29(15-20)23(32)33-24(2,3)4/h6-9,12-13,16,20,27H,10-11,14-15H2,1-5H3/t20-/m0/s1. The van der Waals surface area contributed by atoms with Crippen LogP contribution in [0.3, 0.4) is 0 Å². The molecule has 2 aromatic rings. The number of rotatable bonds is 7. The minimum absolute atomic E-state index is 0.123. The van der Waals surface area contributed by atoms with Gasteiger partial charge >= 0.3 is 6.09 Å². The van der Waals surface area contributed by atoms with Crippen LogP contribution in [0.15, 0.2) is 36.5 Å². The smallest absolute Gasteiger partial charge is 0.410 e. The predicted molar refractivity (Wildman–Crippen MR) is 125 cm³/mol. The van der Waals surface area contributed by atoms with Crippen LogP contribution in [0, 0.1) is 12.7 Å². The SMILES string of the molecule is Cc1ccc(NN(C=O)c2cc(CN(C)[C@H]3CCN(C(=O)OC(C)(C)C)C3)ccc2F)cn1. The maximum absolute atomic E-state index is 14.6. The van der Waals surface area contributed by atoms with E-state index in [-0.39, 0.29) is 17.8 Å². The average molecular weight is 458 g/mol. The van der Waals surface area contributed by atoms with Gasteiger partial charge < -0.3 is 9.64 Å². The van der Waals surface area contributed by atoms with E-state index in [1.165, 1.54) is 6.07 Å². The number of hydrogen-bond acceptors (Lipinski definition) is 6. The van der Waals surface area contributed by atoms with Crippen LogP contribution in [-0.4, -0.2) is 59.1 Å². The number of hydrazine groups is 1. The molecule has 33 heavy (non-hydrogen) atoms. The first-order chi connectivity index (χ1) is 15.6. The molecule has 2 amide bonds. The number of likely N-dealkylation sites (tertiary alicyclic amines) is 1. The van der Waals surface area contributed by atoms with Crippen molar-refractivity contribution in [3.63, 3.8) is 0 Å². The number of halogens is 1. The molecule has 0 radical (unpaired) electrons. The summed E-state index contributed by atoms with van der Waals surface area (Å²) in [6.07, 6.45) is 2.63. The second-order valence-electron chi connectivity index (χ2n) is 9.35. The van der Waals surface area contributed by atoms with Gasteiger partial charge in [0.05, 0.1) is 11.9 Å². The number of pyridine rings is 1. The number of likely N-dealkylation sites (N-methyl/N-ethyl adjacent to an activating group) is 1. The van der Waals surface area contributed by atoms with Gasteiger partial charge in [0.25, 0.3) is 0 Å². The zero-order valence-corrected chi connectivity index (χ0v) is 19.8. The monoisotopic (exact) mass is 457 g/mol. The molecule has 1 atom stereocenters. The Morgan fingerprint density at radius 1 is 1.33 bits per heavy atom. The van der Waals surface area contributed by atoms with Gasteiger partial charge in [-0.1, -0.05) is 6.07 Å². The van der Waals surface area contributed by atoms with Gasteiger partial charge in [0.1, 0.15) is 17.1 Å². The van der Waals surface area contributed by atoms with Gasteiger partial charge in [0.15, 0.2) is 0 Å². The Hall–Kier alpha value is -3.20. The summed E-state index contributed by atoms with van der Waals surface area (Å²) >= 11 is 0. The van der Waals surface area contributed by atoms with Crippen molar-refractivity contribution in [1.29, 1.82) is 0 Å². The summed E-state index contributed by atoms with van der Waals surface area (Å²) in [5, 5.41) is 1.10. The van der Waals surface area contributed by atoms with Gasteiger partial charge in [-0.05, 0) is 71.0 Å². The maximum Gasteiger partial charge on any atom is 0.410 e. The van der Waals surface area contributed by atoms with Crippen LogP contribution in [0.2, 0.25) is 0 Å². The summed E-state index contributed by atoms with van der Waals surface area (Å²) in [6.45, 7) is 9.15. The zero-order chi connectivity index (χ0) is 24.2. The highest BCUT2D eigenvalue weighted by Crippen LogP contribution is 2.24. The topological polar surface area (TPSA) is 78.0 Å². The Morgan fingerprint density at radius 2 is 2.09 bits per heavy atom. The lowest BCUT2D eigenvalue weighted by Crippen LogP contribution is -2.38. The molecule has 1 aliphatic heterocycles. The predicted octanol–water partition coefficient (Wildman–Crippen LogP) is 3.96. The van der Waals surface area contributed by atoms with E-state index in [9.17, 15) is 14.0 Å². The minimum Gasteiger partial charge on any atom is -0.444 e. The molecule has 1 aromatic carbocycles. The van der Waals surface area contributed by atoms with Crippen LogP contribution < -0.4 is 10.4 Å². The van der Waals surface area contributed by atoms with Crippen LogP contribution in [0.1, 0.15) is 38.4 Å². The molecule has 3 rings (SSSR count). The molecule has 2 heterocycles. The van der Waals surface area contributed by atoms with Crippen molar-refractivity contribution >= 4 is 23.9 Å². The second-order valence-corrected chi connectivity index (χ2v) is 9.35. The maximum atomic E-state index is 14.6. The van der Waals surface area contributed by atoms with Crippen LogP contribution in [0.4, 0.5) is 20.6 Å². The number of ether oxygens (including phenoxy) is 1. The van der Waals surface area contributed by atoms with E-state index in [0.717, 1.165) is 22.7 Å². The lowest BCUT2D eigenvalue weighted by Gasteiger charge is -2.27. The Kier molecular flexibility index (Phi) is 7.53. The fourth-order valence-electron chi connectivity index (χ4n) is 3.67. The van der Waals surface area contributed by atoms with Gasteiger partial charge in [0.2, 0.25) is 6.41 Å². The van der Waals surface area contributed by atoms with Gasteiger partial charge in [-0.25, -0.2) is 14.2 Å². The first-order valence-electron chi connectivity index (χ1n) is 11.0.